The molecular weight excluding hydrogens is 322 g/mol. The summed E-state index contributed by atoms with van der Waals surface area (Å²) in [5.41, 5.74) is -0.256. The Morgan fingerprint density at radius 2 is 1.27 bits per heavy atom. The Kier molecular flexibility index (Phi) is 10.0. The van der Waals surface area contributed by atoms with Crippen LogP contribution in [0.2, 0.25) is 0 Å². The smallest absolute Gasteiger partial charge is 0.311 e. The average Bonchev–Trinajstić information content (AvgIpc) is 2.83. The van der Waals surface area contributed by atoms with Crippen molar-refractivity contribution in [2.24, 2.45) is 17.3 Å². The van der Waals surface area contributed by atoms with E-state index in [4.69, 9.17) is 4.74 Å². The van der Waals surface area contributed by atoms with Gasteiger partial charge in [0.15, 0.2) is 0 Å². The van der Waals surface area contributed by atoms with Crippen molar-refractivity contribution in [3.8, 4) is 0 Å². The normalized spacial score (nSPS) is 30.2. The van der Waals surface area contributed by atoms with Crippen LogP contribution < -0.4 is 5.32 Å². The van der Waals surface area contributed by atoms with E-state index in [1.807, 2.05) is 0 Å². The molecule has 0 saturated heterocycles. The number of esters is 1. The number of nitrogens with one attached hydrogen (secondary N) is 1. The second kappa shape index (κ2) is 12.0. The SMILES string of the molecule is COC(=O)C1(C)CCCCC(CNCC2CCCCCCCC2)CCC1. The fourth-order valence-corrected chi connectivity index (χ4v) is 5.07. The zero-order valence-corrected chi connectivity index (χ0v) is 17.5. The summed E-state index contributed by atoms with van der Waals surface area (Å²) in [5.74, 6) is 1.67. The summed E-state index contributed by atoms with van der Waals surface area (Å²) < 4.78 is 5.07. The lowest BCUT2D eigenvalue weighted by Crippen LogP contribution is -2.29. The highest BCUT2D eigenvalue weighted by atomic mass is 16.5. The Morgan fingerprint density at radius 1 is 0.808 bits per heavy atom. The molecule has 0 aromatic heterocycles. The van der Waals surface area contributed by atoms with Crippen LogP contribution >= 0.6 is 0 Å². The van der Waals surface area contributed by atoms with Gasteiger partial charge in [-0.15, -0.1) is 0 Å². The van der Waals surface area contributed by atoms with Gasteiger partial charge in [0.05, 0.1) is 12.5 Å². The second-order valence-electron chi connectivity index (χ2n) is 9.28. The molecule has 2 aliphatic carbocycles. The van der Waals surface area contributed by atoms with E-state index in [0.717, 1.165) is 37.5 Å². The summed E-state index contributed by atoms with van der Waals surface area (Å²) in [6.45, 7) is 4.50. The number of rotatable bonds is 5. The number of hydrogen-bond acceptors (Lipinski definition) is 3. The third-order valence-electron chi connectivity index (χ3n) is 6.95. The third kappa shape index (κ3) is 7.58. The highest BCUT2D eigenvalue weighted by molar-refractivity contribution is 5.76. The molecule has 0 spiro atoms. The first kappa shape index (κ1) is 21.7. The molecule has 0 bridgehead atoms. The van der Waals surface area contributed by atoms with Crippen LogP contribution in [0.15, 0.2) is 0 Å². The van der Waals surface area contributed by atoms with Crippen LogP contribution in [-0.4, -0.2) is 26.2 Å². The van der Waals surface area contributed by atoms with Crippen molar-refractivity contribution >= 4 is 5.97 Å². The molecule has 0 radical (unpaired) electrons. The Bertz CT molecular complexity index is 388. The van der Waals surface area contributed by atoms with Crippen LogP contribution in [0.3, 0.4) is 0 Å². The number of ether oxygens (including phenoxy) is 1. The van der Waals surface area contributed by atoms with Gasteiger partial charge in [-0.3, -0.25) is 4.79 Å². The van der Waals surface area contributed by atoms with Crippen molar-refractivity contribution in [1.82, 2.24) is 5.32 Å². The summed E-state index contributed by atoms with van der Waals surface area (Å²) in [6, 6.07) is 0. The average molecular weight is 366 g/mol. The molecule has 0 heterocycles. The molecule has 3 heteroatoms. The number of hydrogen-bond donors (Lipinski definition) is 1. The first-order valence-electron chi connectivity index (χ1n) is 11.4. The fraction of sp³-hybridized carbons (Fsp3) is 0.957. The lowest BCUT2D eigenvalue weighted by atomic mass is 9.80. The number of carbonyl (C=O) groups excluding carboxylic acids is 1. The number of methoxy groups -OCH3 is 1. The molecule has 3 nitrogen and oxygen atoms in total. The molecule has 2 saturated carbocycles. The van der Waals surface area contributed by atoms with Gasteiger partial charge in [-0.05, 0) is 70.4 Å². The zero-order chi connectivity index (χ0) is 18.7. The first-order chi connectivity index (χ1) is 12.6. The maximum Gasteiger partial charge on any atom is 0.311 e. The van der Waals surface area contributed by atoms with E-state index < -0.39 is 0 Å². The van der Waals surface area contributed by atoms with E-state index in [9.17, 15) is 4.79 Å². The molecular formula is C23H43NO2. The van der Waals surface area contributed by atoms with E-state index in [-0.39, 0.29) is 11.4 Å². The summed E-state index contributed by atoms with van der Waals surface area (Å²) in [4.78, 5) is 12.1. The minimum absolute atomic E-state index is 0.00530. The van der Waals surface area contributed by atoms with Crippen molar-refractivity contribution in [2.75, 3.05) is 20.2 Å². The summed E-state index contributed by atoms with van der Waals surface area (Å²) in [7, 11) is 1.53. The van der Waals surface area contributed by atoms with Crippen molar-refractivity contribution < 1.29 is 9.53 Å². The molecule has 0 aliphatic heterocycles. The van der Waals surface area contributed by atoms with Gasteiger partial charge in [-0.2, -0.15) is 0 Å². The molecule has 2 atom stereocenters. The van der Waals surface area contributed by atoms with E-state index >= 15 is 0 Å². The molecule has 0 amide bonds. The summed E-state index contributed by atoms with van der Waals surface area (Å²) in [5, 5.41) is 3.83. The maximum absolute atomic E-state index is 12.1. The standard InChI is InChI=1S/C23H43NO2/c1-23(22(25)26-2)16-10-9-14-21(15-11-17-23)19-24-18-20-12-7-5-3-4-6-8-13-20/h20-21,24H,3-19H2,1-2H3. The minimum Gasteiger partial charge on any atom is -0.469 e. The summed E-state index contributed by atoms with van der Waals surface area (Å²) in [6.07, 6.45) is 19.6. The van der Waals surface area contributed by atoms with Crippen LogP contribution in [0.4, 0.5) is 0 Å². The Labute approximate surface area is 162 Å². The third-order valence-corrected chi connectivity index (χ3v) is 6.95. The highest BCUT2D eigenvalue weighted by Gasteiger charge is 2.34. The van der Waals surface area contributed by atoms with Gasteiger partial charge >= 0.3 is 5.97 Å². The molecule has 0 aromatic rings. The van der Waals surface area contributed by atoms with Gasteiger partial charge in [0, 0.05) is 0 Å². The van der Waals surface area contributed by atoms with Crippen LogP contribution in [0, 0.1) is 17.3 Å². The van der Waals surface area contributed by atoms with Crippen molar-refractivity contribution in [3.63, 3.8) is 0 Å². The monoisotopic (exact) mass is 365 g/mol. The molecule has 0 aromatic carbocycles. The molecule has 152 valence electrons. The fourth-order valence-electron chi connectivity index (χ4n) is 5.07. The van der Waals surface area contributed by atoms with Crippen LogP contribution in [0.1, 0.15) is 103 Å². The van der Waals surface area contributed by atoms with Crippen molar-refractivity contribution in [2.45, 2.75) is 103 Å². The van der Waals surface area contributed by atoms with E-state index in [0.29, 0.717) is 0 Å². The molecule has 2 rings (SSSR count). The van der Waals surface area contributed by atoms with Crippen molar-refractivity contribution in [3.05, 3.63) is 0 Å². The van der Waals surface area contributed by atoms with Crippen LogP contribution in [-0.2, 0) is 9.53 Å². The maximum atomic E-state index is 12.1. The molecule has 1 N–H and O–H groups in total. The van der Waals surface area contributed by atoms with Crippen LogP contribution in [0.5, 0.6) is 0 Å². The Hall–Kier alpha value is -0.570. The Balaban J connectivity index is 1.71. The van der Waals surface area contributed by atoms with E-state index in [1.54, 1.807) is 0 Å². The van der Waals surface area contributed by atoms with Gasteiger partial charge in [-0.25, -0.2) is 0 Å². The molecule has 2 fully saturated rings. The predicted octanol–water partition coefficient (Wildman–Crippen LogP) is 5.87. The Morgan fingerprint density at radius 3 is 1.85 bits per heavy atom. The van der Waals surface area contributed by atoms with E-state index in [2.05, 4.69) is 12.2 Å². The van der Waals surface area contributed by atoms with Crippen LogP contribution in [0.25, 0.3) is 0 Å². The zero-order valence-electron chi connectivity index (χ0n) is 17.5. The molecule has 2 unspecified atom stereocenters. The predicted molar refractivity (Wildman–Crippen MR) is 109 cm³/mol. The lowest BCUT2D eigenvalue weighted by molar-refractivity contribution is -0.152. The van der Waals surface area contributed by atoms with Crippen molar-refractivity contribution in [1.29, 1.82) is 0 Å². The van der Waals surface area contributed by atoms with Gasteiger partial charge in [0.1, 0.15) is 0 Å². The van der Waals surface area contributed by atoms with Gasteiger partial charge in [0.25, 0.3) is 0 Å². The second-order valence-corrected chi connectivity index (χ2v) is 9.28. The van der Waals surface area contributed by atoms with Gasteiger partial charge in [0.2, 0.25) is 0 Å². The minimum atomic E-state index is -0.256. The summed E-state index contributed by atoms with van der Waals surface area (Å²) >= 11 is 0. The molecule has 26 heavy (non-hydrogen) atoms. The quantitative estimate of drug-likeness (QED) is 0.620. The van der Waals surface area contributed by atoms with Gasteiger partial charge < -0.3 is 10.1 Å². The largest absolute Gasteiger partial charge is 0.469 e. The first-order valence-corrected chi connectivity index (χ1v) is 11.4. The highest BCUT2D eigenvalue weighted by Crippen LogP contribution is 2.35. The van der Waals surface area contributed by atoms with E-state index in [1.165, 1.54) is 90.8 Å². The topological polar surface area (TPSA) is 38.3 Å². The lowest BCUT2D eigenvalue weighted by Gasteiger charge is -2.26. The number of carbonyl (C=O) groups is 1. The molecule has 2 aliphatic rings. The van der Waals surface area contributed by atoms with Gasteiger partial charge in [-0.1, -0.05) is 57.8 Å².